The van der Waals surface area contributed by atoms with Crippen LogP contribution in [0.4, 0.5) is 10.5 Å². The maximum atomic E-state index is 14.9. The van der Waals surface area contributed by atoms with E-state index in [0.717, 1.165) is 6.54 Å². The van der Waals surface area contributed by atoms with Gasteiger partial charge >= 0.3 is 11.9 Å². The number of rotatable bonds is 4. The number of nitrogens with zero attached hydrogens (tertiary/aromatic N) is 5. The summed E-state index contributed by atoms with van der Waals surface area (Å²) in [6.07, 6.45) is 4.47. The van der Waals surface area contributed by atoms with E-state index in [1.807, 2.05) is 14.0 Å². The molecule has 0 saturated carbocycles. The third-order valence-corrected chi connectivity index (χ3v) is 14.6. The number of likely N-dealkylation sites (tertiary alicyclic amines) is 1. The van der Waals surface area contributed by atoms with Gasteiger partial charge in [-0.3, -0.25) is 19.6 Å². The summed E-state index contributed by atoms with van der Waals surface area (Å²) in [4.78, 5) is 59.1. The number of aliphatic hydroxyl groups is 2. The van der Waals surface area contributed by atoms with Gasteiger partial charge in [-0.25, -0.2) is 4.79 Å². The first-order valence-electron chi connectivity index (χ1n) is 23.7. The number of aromatic hydroxyl groups is 2. The molecule has 8 rings (SSSR count). The van der Waals surface area contributed by atoms with Crippen LogP contribution in [0.1, 0.15) is 84.2 Å². The number of methoxy groups -OCH3 is 1. The average Bonchev–Trinajstić information content (AvgIpc) is 3.79. The van der Waals surface area contributed by atoms with Crippen LogP contribution in [0.15, 0.2) is 46.1 Å². The van der Waals surface area contributed by atoms with Crippen LogP contribution in [0.2, 0.25) is 0 Å². The second-order valence-electron chi connectivity index (χ2n) is 20.0. The van der Waals surface area contributed by atoms with Gasteiger partial charge in [-0.15, -0.1) is 0 Å². The monoisotopic (exact) mass is 931 g/mol. The summed E-state index contributed by atoms with van der Waals surface area (Å²) in [5.41, 5.74) is -0.577. The number of likely N-dealkylation sites (N-methyl/N-ethyl adjacent to an activating group) is 1. The molecule has 6 aliphatic rings. The number of carbonyl (C=O) groups excluding carboxylic acids is 3. The van der Waals surface area contributed by atoms with Crippen molar-refractivity contribution in [3.05, 3.63) is 58.0 Å². The van der Waals surface area contributed by atoms with E-state index in [1.54, 1.807) is 63.8 Å². The Morgan fingerprint density at radius 3 is 2.21 bits per heavy atom. The van der Waals surface area contributed by atoms with Crippen molar-refractivity contribution in [1.82, 2.24) is 14.7 Å². The molecule has 6 aliphatic heterocycles. The zero-order chi connectivity index (χ0) is 48.9. The summed E-state index contributed by atoms with van der Waals surface area (Å²) in [5.74, 6) is -6.00. The van der Waals surface area contributed by atoms with Crippen molar-refractivity contribution < 1.29 is 53.8 Å². The van der Waals surface area contributed by atoms with Gasteiger partial charge in [0.05, 0.1) is 40.9 Å². The zero-order valence-electron chi connectivity index (χ0n) is 40.8. The van der Waals surface area contributed by atoms with Gasteiger partial charge in [-0.1, -0.05) is 59.8 Å². The number of allylic oxidation sites excluding steroid dienone is 2. The molecule has 2 fully saturated rings. The summed E-state index contributed by atoms with van der Waals surface area (Å²) in [5, 5.41) is 50.9. The topological polar surface area (TPSA) is 216 Å². The number of hydrogen-bond donors (Lipinski definition) is 5. The molecule has 2 amide bonds. The molecule has 366 valence electrons. The second-order valence-corrected chi connectivity index (χ2v) is 20.0. The molecule has 2 aromatic carbocycles. The highest BCUT2D eigenvalue weighted by atomic mass is 16.7. The number of hydrogen-bond acceptors (Lipinski definition) is 15. The molecule has 2 aromatic rings. The number of amides is 2. The van der Waals surface area contributed by atoms with E-state index < -0.39 is 83.1 Å². The maximum Gasteiger partial charge on any atom is 0.410 e. The number of carbonyl (C=O) groups is 3. The number of anilines is 1. The smallest absolute Gasteiger partial charge is 0.410 e. The van der Waals surface area contributed by atoms with Crippen LogP contribution in [-0.2, 0) is 19.0 Å². The van der Waals surface area contributed by atoms with Crippen LogP contribution < -0.4 is 20.8 Å². The Bertz CT molecular complexity index is 2470. The number of nitrogens with one attached hydrogen (secondary N) is 1. The Morgan fingerprint density at radius 1 is 0.910 bits per heavy atom. The van der Waals surface area contributed by atoms with Crippen LogP contribution in [0, 0.1) is 36.5 Å². The first-order chi connectivity index (χ1) is 31.6. The predicted octanol–water partition coefficient (Wildman–Crippen LogP) is 4.57. The van der Waals surface area contributed by atoms with Gasteiger partial charge in [0, 0.05) is 113 Å². The van der Waals surface area contributed by atoms with E-state index >= 15 is 0 Å². The van der Waals surface area contributed by atoms with Gasteiger partial charge in [0.2, 0.25) is 0 Å². The van der Waals surface area contributed by atoms with Crippen molar-refractivity contribution in [2.24, 2.45) is 39.6 Å². The quantitative estimate of drug-likeness (QED) is 0.266. The fourth-order valence-corrected chi connectivity index (χ4v) is 10.2. The molecule has 1 spiro atoms. The molecule has 5 bridgehead atoms. The normalized spacial score (nSPS) is 32.5. The number of aliphatic hydroxyl groups excluding tert-OH is 2. The minimum Gasteiger partial charge on any atom is -0.507 e. The van der Waals surface area contributed by atoms with Crippen LogP contribution in [-0.4, -0.2) is 149 Å². The number of ketones is 1. The first-order valence-corrected chi connectivity index (χ1v) is 23.7. The zero-order valence-corrected chi connectivity index (χ0v) is 40.8. The van der Waals surface area contributed by atoms with Crippen molar-refractivity contribution in [3.63, 3.8) is 0 Å². The third kappa shape index (κ3) is 9.54. The number of fused-ring (bicyclic) bond motifs is 13. The standard InChI is InChI=1S/C50H70N6O11/c1-26(2)25-55-18-16-50(17-19-55)52-37-34-35-42(59)32(8)45-36(34)46(61)49(9,67-45)65-24-15-33(64-11)29(5)44(66-48(63)56-22-20-54(10)21-23-56)31(7)41(58)30(6)40(57)27(3)13-12-14-28(4)47(62)51-39(43(35)60)38(37)53-50/h12-15,24,26-27,29-31,33,40-41,44,57-60H,16-23,25H2,1-11H3,(H,51,62)/b13-12+,24-15+,28-14-/t27?,29-,30-,31-,33+,40+,41-,44-,49+/m1/s1. The van der Waals surface area contributed by atoms with Gasteiger partial charge in [0.25, 0.3) is 11.7 Å². The highest BCUT2D eigenvalue weighted by molar-refractivity contribution is 6.19. The van der Waals surface area contributed by atoms with E-state index in [4.69, 9.17) is 28.9 Å². The Kier molecular flexibility index (Phi) is 14.5. The molecule has 2 saturated heterocycles. The van der Waals surface area contributed by atoms with E-state index in [9.17, 15) is 34.8 Å². The van der Waals surface area contributed by atoms with Gasteiger partial charge < -0.3 is 59.4 Å². The van der Waals surface area contributed by atoms with E-state index in [-0.39, 0.29) is 55.4 Å². The fourth-order valence-electron chi connectivity index (χ4n) is 10.2. The number of phenolic OH excluding ortho intramolecular Hbond substituents is 2. The molecule has 6 heterocycles. The summed E-state index contributed by atoms with van der Waals surface area (Å²) >= 11 is 0. The lowest BCUT2D eigenvalue weighted by Gasteiger charge is -2.39. The molecular weight excluding hydrogens is 861 g/mol. The van der Waals surface area contributed by atoms with Crippen molar-refractivity contribution in [2.75, 3.05) is 65.3 Å². The maximum absolute atomic E-state index is 14.9. The Balaban J connectivity index is 1.35. The molecule has 0 radical (unpaired) electrons. The van der Waals surface area contributed by atoms with Gasteiger partial charge in [0.15, 0.2) is 11.4 Å². The highest BCUT2D eigenvalue weighted by Gasteiger charge is 2.50. The molecule has 67 heavy (non-hydrogen) atoms. The number of piperidine rings is 1. The largest absolute Gasteiger partial charge is 0.507 e. The molecule has 5 N–H and O–H groups in total. The lowest BCUT2D eigenvalue weighted by atomic mass is 9.78. The van der Waals surface area contributed by atoms with Gasteiger partial charge in [0.1, 0.15) is 28.6 Å². The van der Waals surface area contributed by atoms with Crippen molar-refractivity contribution in [1.29, 1.82) is 0 Å². The molecule has 9 atom stereocenters. The number of benzene rings is 2. The average molecular weight is 931 g/mol. The second kappa shape index (κ2) is 19.5. The summed E-state index contributed by atoms with van der Waals surface area (Å²) in [6, 6.07) is 0. The molecule has 17 nitrogen and oxygen atoms in total. The number of phenols is 2. The van der Waals surface area contributed by atoms with Crippen molar-refractivity contribution >= 4 is 34.2 Å². The van der Waals surface area contributed by atoms with Crippen molar-refractivity contribution in [3.8, 4) is 17.2 Å². The lowest BCUT2D eigenvalue weighted by molar-refractivity contribution is -0.112. The number of Topliss-reactive ketones (excluding diaryl/α,β-unsaturated/α-hetero) is 1. The van der Waals surface area contributed by atoms with E-state index in [2.05, 4.69) is 29.0 Å². The minimum atomic E-state index is -1.97. The minimum absolute atomic E-state index is 0.0373. The van der Waals surface area contributed by atoms with Crippen LogP contribution in [0.3, 0.4) is 0 Å². The Labute approximate surface area is 392 Å². The summed E-state index contributed by atoms with van der Waals surface area (Å²) in [6.45, 7) is 20.7. The molecular formula is C50H70N6O11. The van der Waals surface area contributed by atoms with Gasteiger partial charge in [-0.2, -0.15) is 0 Å². The highest BCUT2D eigenvalue weighted by Crippen LogP contribution is 2.50. The fraction of sp³-hybridized carbons (Fsp3) is 0.620. The number of piperazine rings is 1. The van der Waals surface area contributed by atoms with Crippen LogP contribution in [0.5, 0.6) is 17.2 Å². The third-order valence-electron chi connectivity index (χ3n) is 14.6. The van der Waals surface area contributed by atoms with Crippen molar-refractivity contribution in [2.45, 2.75) is 111 Å². The first kappa shape index (κ1) is 49.8. The summed E-state index contributed by atoms with van der Waals surface area (Å²) in [7, 11) is 3.47. The van der Waals surface area contributed by atoms with E-state index in [0.29, 0.717) is 58.0 Å². The summed E-state index contributed by atoms with van der Waals surface area (Å²) < 4.78 is 24.8. The molecule has 17 heteroatoms. The van der Waals surface area contributed by atoms with Crippen LogP contribution >= 0.6 is 0 Å². The van der Waals surface area contributed by atoms with E-state index in [1.165, 1.54) is 20.3 Å². The predicted molar refractivity (Wildman–Crippen MR) is 251 cm³/mol. The van der Waals surface area contributed by atoms with Crippen LogP contribution in [0.25, 0.3) is 10.8 Å². The van der Waals surface area contributed by atoms with Gasteiger partial charge in [-0.05, 0) is 32.9 Å². The Morgan fingerprint density at radius 2 is 1.57 bits per heavy atom. The molecule has 0 aliphatic carbocycles. The molecule has 0 aromatic heterocycles. The lowest BCUT2D eigenvalue weighted by Crippen LogP contribution is -2.51. The Hall–Kier alpha value is -5.07. The molecule has 1 unspecified atom stereocenters. The number of ether oxygens (including phenoxy) is 4. The SMILES string of the molecule is CO[C@H]1/C=C/O[C@@]2(C)Oc3c(C)c(O)c4c(O)c(c5c(c4c3C2=O)=NC2(CCN(CC(C)C)CC2)N=5)NC(=O)/C(C)=C\C=C\C(C)[C@H](O)[C@@H](C)[C@@H](O)[C@@H](C)[C@H](OC(=O)N2CCN(C)CC2)[C@@H]1C.